The molecule has 1 unspecified atom stereocenters. The summed E-state index contributed by atoms with van der Waals surface area (Å²) in [7, 11) is 1.81. The van der Waals surface area contributed by atoms with Gasteiger partial charge in [0.1, 0.15) is 6.10 Å². The highest BCUT2D eigenvalue weighted by molar-refractivity contribution is 7.28. The van der Waals surface area contributed by atoms with Crippen molar-refractivity contribution in [2.24, 2.45) is 0 Å². The molecule has 0 aliphatic rings. The molecule has 0 amide bonds. The zero-order valence-electron chi connectivity index (χ0n) is 7.65. The van der Waals surface area contributed by atoms with Gasteiger partial charge in [-0.15, -0.1) is 11.3 Å². The van der Waals surface area contributed by atoms with Gasteiger partial charge in [-0.25, -0.2) is 0 Å². The van der Waals surface area contributed by atoms with E-state index in [1.165, 1.54) is 22.7 Å². The lowest BCUT2D eigenvalue weighted by Gasteiger charge is -2.05. The van der Waals surface area contributed by atoms with Gasteiger partial charge in [0.25, 0.3) is 0 Å². The van der Waals surface area contributed by atoms with Crippen LogP contribution in [0.2, 0.25) is 0 Å². The first kappa shape index (κ1) is 9.92. The van der Waals surface area contributed by atoms with Crippen molar-refractivity contribution < 1.29 is 10.2 Å². The average molecular weight is 229 g/mol. The predicted molar refractivity (Wildman–Crippen MR) is 60.3 cm³/mol. The molecule has 14 heavy (non-hydrogen) atoms. The fourth-order valence-corrected chi connectivity index (χ4v) is 3.43. The van der Waals surface area contributed by atoms with Crippen molar-refractivity contribution in [1.82, 2.24) is 5.32 Å². The molecule has 5 heteroatoms. The summed E-state index contributed by atoms with van der Waals surface area (Å²) in [5.41, 5.74) is 0. The Morgan fingerprint density at radius 1 is 1.36 bits per heavy atom. The van der Waals surface area contributed by atoms with Crippen molar-refractivity contribution in [2.45, 2.75) is 6.10 Å². The van der Waals surface area contributed by atoms with Crippen molar-refractivity contribution in [2.75, 3.05) is 13.6 Å². The second-order valence-electron chi connectivity index (χ2n) is 3.04. The molecule has 0 saturated heterocycles. The van der Waals surface area contributed by atoms with E-state index < -0.39 is 6.10 Å². The Morgan fingerprint density at radius 3 is 2.71 bits per heavy atom. The molecule has 1 atom stereocenters. The molecule has 2 heterocycles. The third-order valence-electron chi connectivity index (χ3n) is 1.94. The van der Waals surface area contributed by atoms with E-state index in [0.29, 0.717) is 11.6 Å². The Bertz CT molecular complexity index is 403. The van der Waals surface area contributed by atoms with Crippen LogP contribution >= 0.6 is 22.7 Å². The summed E-state index contributed by atoms with van der Waals surface area (Å²) in [6, 6.07) is 3.67. The Kier molecular flexibility index (Phi) is 2.73. The summed E-state index contributed by atoms with van der Waals surface area (Å²) in [4.78, 5) is 0.945. The van der Waals surface area contributed by atoms with Gasteiger partial charge in [0.05, 0.1) is 0 Å². The van der Waals surface area contributed by atoms with E-state index in [9.17, 15) is 10.2 Å². The highest BCUT2D eigenvalue weighted by Crippen LogP contribution is 2.38. The standard InChI is InChI=1S/C9H11NO2S2/c1-10-4-5(11)6-2-7-8(13-6)3-9(12)14-7/h2-3,5,10-12H,4H2,1H3. The summed E-state index contributed by atoms with van der Waals surface area (Å²) in [5, 5.41) is 22.2. The van der Waals surface area contributed by atoms with Crippen LogP contribution in [0.4, 0.5) is 0 Å². The van der Waals surface area contributed by atoms with E-state index in [0.717, 1.165) is 14.3 Å². The highest BCUT2D eigenvalue weighted by Gasteiger charge is 2.12. The van der Waals surface area contributed by atoms with Gasteiger partial charge in [0.2, 0.25) is 0 Å². The summed E-state index contributed by atoms with van der Waals surface area (Å²) in [5.74, 6) is 0. The molecular weight excluding hydrogens is 218 g/mol. The van der Waals surface area contributed by atoms with E-state index in [2.05, 4.69) is 5.32 Å². The molecule has 0 aromatic carbocycles. The minimum absolute atomic E-state index is 0.334. The third-order valence-corrected chi connectivity index (χ3v) is 4.14. The molecule has 2 aromatic rings. The molecule has 0 bridgehead atoms. The van der Waals surface area contributed by atoms with E-state index in [4.69, 9.17) is 0 Å². The quantitative estimate of drug-likeness (QED) is 0.753. The number of nitrogens with one attached hydrogen (secondary N) is 1. The molecule has 0 aliphatic carbocycles. The lowest BCUT2D eigenvalue weighted by molar-refractivity contribution is 0.181. The van der Waals surface area contributed by atoms with E-state index in [-0.39, 0.29) is 0 Å². The molecule has 0 radical (unpaired) electrons. The zero-order chi connectivity index (χ0) is 10.1. The van der Waals surface area contributed by atoms with Gasteiger partial charge in [-0.05, 0) is 13.1 Å². The second kappa shape index (κ2) is 3.86. The van der Waals surface area contributed by atoms with Gasteiger partial charge in [-0.1, -0.05) is 11.3 Å². The number of likely N-dealkylation sites (N-methyl/N-ethyl adjacent to an activating group) is 1. The van der Waals surface area contributed by atoms with Crippen LogP contribution in [-0.4, -0.2) is 23.8 Å². The van der Waals surface area contributed by atoms with Gasteiger partial charge in [-0.2, -0.15) is 0 Å². The maximum absolute atomic E-state index is 9.70. The fraction of sp³-hybridized carbons (Fsp3) is 0.333. The van der Waals surface area contributed by atoms with Crippen LogP contribution in [0.1, 0.15) is 11.0 Å². The summed E-state index contributed by atoms with van der Waals surface area (Å²) >= 11 is 2.87. The number of thiophene rings is 2. The van der Waals surface area contributed by atoms with Gasteiger partial charge >= 0.3 is 0 Å². The number of aromatic hydroxyl groups is 1. The van der Waals surface area contributed by atoms with Gasteiger partial charge in [0, 0.05) is 26.9 Å². The van der Waals surface area contributed by atoms with Crippen molar-refractivity contribution in [3.63, 3.8) is 0 Å². The second-order valence-corrected chi connectivity index (χ2v) is 5.21. The van der Waals surface area contributed by atoms with Crippen LogP contribution in [0.3, 0.4) is 0 Å². The van der Waals surface area contributed by atoms with Gasteiger partial charge in [-0.3, -0.25) is 0 Å². The van der Waals surface area contributed by atoms with E-state index in [1.807, 2.05) is 13.1 Å². The van der Waals surface area contributed by atoms with Crippen LogP contribution in [0, 0.1) is 0 Å². The number of rotatable bonds is 3. The number of hydrogen-bond acceptors (Lipinski definition) is 5. The number of hydrogen-bond donors (Lipinski definition) is 3. The molecule has 2 rings (SSSR count). The molecule has 0 fully saturated rings. The smallest absolute Gasteiger partial charge is 0.173 e. The van der Waals surface area contributed by atoms with Crippen molar-refractivity contribution in [3.8, 4) is 5.06 Å². The third kappa shape index (κ3) is 1.76. The highest BCUT2D eigenvalue weighted by atomic mass is 32.1. The Morgan fingerprint density at radius 2 is 2.07 bits per heavy atom. The Labute approximate surface area is 89.6 Å². The Hall–Kier alpha value is -0.620. The zero-order valence-corrected chi connectivity index (χ0v) is 9.28. The van der Waals surface area contributed by atoms with Gasteiger partial charge in [0.15, 0.2) is 5.06 Å². The molecule has 0 aliphatic heterocycles. The minimum Gasteiger partial charge on any atom is -0.499 e. The molecular formula is C9H11NO2S2. The number of aliphatic hydroxyl groups excluding tert-OH is 1. The molecule has 76 valence electrons. The van der Waals surface area contributed by atoms with E-state index in [1.54, 1.807) is 6.07 Å². The normalized spacial score (nSPS) is 13.6. The lowest BCUT2D eigenvalue weighted by atomic mass is 10.3. The van der Waals surface area contributed by atoms with Crippen molar-refractivity contribution in [3.05, 3.63) is 17.0 Å². The minimum atomic E-state index is -0.452. The van der Waals surface area contributed by atoms with E-state index >= 15 is 0 Å². The Balaban J connectivity index is 2.31. The first-order valence-electron chi connectivity index (χ1n) is 4.25. The van der Waals surface area contributed by atoms with Crippen LogP contribution in [-0.2, 0) is 0 Å². The monoisotopic (exact) mass is 229 g/mol. The first-order valence-corrected chi connectivity index (χ1v) is 5.89. The first-order chi connectivity index (χ1) is 6.70. The molecule has 0 spiro atoms. The van der Waals surface area contributed by atoms with Crippen molar-refractivity contribution in [1.29, 1.82) is 0 Å². The molecule has 3 N–H and O–H groups in total. The van der Waals surface area contributed by atoms with Crippen LogP contribution in [0.15, 0.2) is 12.1 Å². The van der Waals surface area contributed by atoms with Crippen molar-refractivity contribution >= 4 is 32.1 Å². The lowest BCUT2D eigenvalue weighted by Crippen LogP contribution is -2.15. The molecule has 2 aromatic heterocycles. The predicted octanol–water partition coefficient (Wildman–Crippen LogP) is 1.92. The average Bonchev–Trinajstić information content (AvgIpc) is 2.61. The van der Waals surface area contributed by atoms with Gasteiger partial charge < -0.3 is 15.5 Å². The van der Waals surface area contributed by atoms with Crippen LogP contribution < -0.4 is 5.32 Å². The van der Waals surface area contributed by atoms with Crippen LogP contribution in [0.5, 0.6) is 5.06 Å². The maximum atomic E-state index is 9.70. The summed E-state index contributed by atoms with van der Waals surface area (Å²) in [6.45, 7) is 0.555. The molecule has 0 saturated carbocycles. The fourth-order valence-electron chi connectivity index (χ4n) is 1.30. The number of fused-ring (bicyclic) bond motifs is 1. The summed E-state index contributed by atoms with van der Waals surface area (Å²) < 4.78 is 2.08. The number of aliphatic hydroxyl groups is 1. The maximum Gasteiger partial charge on any atom is 0.173 e. The summed E-state index contributed by atoms with van der Waals surface area (Å²) in [6.07, 6.45) is -0.452. The van der Waals surface area contributed by atoms with Crippen LogP contribution in [0.25, 0.3) is 9.40 Å². The molecule has 3 nitrogen and oxygen atoms in total. The SMILES string of the molecule is CNCC(O)c1cc2sc(O)cc2s1. The topological polar surface area (TPSA) is 52.5 Å². The largest absolute Gasteiger partial charge is 0.499 e.